The lowest BCUT2D eigenvalue weighted by Crippen LogP contribution is -2.45. The van der Waals surface area contributed by atoms with Gasteiger partial charge in [0.05, 0.1) is 0 Å². The maximum Gasteiger partial charge on any atom is 0.0183 e. The van der Waals surface area contributed by atoms with E-state index >= 15 is 0 Å². The first-order valence-electron chi connectivity index (χ1n) is 5.93. The van der Waals surface area contributed by atoms with Gasteiger partial charge in [0.25, 0.3) is 0 Å². The third-order valence-electron chi connectivity index (χ3n) is 3.40. The van der Waals surface area contributed by atoms with Crippen molar-refractivity contribution in [3.63, 3.8) is 0 Å². The quantitative estimate of drug-likeness (QED) is 0.691. The average molecular weight is 232 g/mol. The number of nitrogens with one attached hydrogen (secondary N) is 1. The lowest BCUT2D eigenvalue weighted by molar-refractivity contribution is 0.150. The van der Waals surface area contributed by atoms with E-state index in [9.17, 15) is 0 Å². The van der Waals surface area contributed by atoms with E-state index in [2.05, 4.69) is 44.3 Å². The highest BCUT2D eigenvalue weighted by atomic mass is 32.2. The molecule has 3 atom stereocenters. The Morgan fingerprint density at radius 3 is 2.33 bits per heavy atom. The monoisotopic (exact) mass is 232 g/mol. The molecule has 0 saturated carbocycles. The standard InChI is InChI=1S/C12H28N2S/c1-7-12(9-15-6)14(5)11(3)10(2)8-13-4/h10-13H,7-9H2,1-6H3. The third kappa shape index (κ3) is 5.23. The number of hydrogen-bond acceptors (Lipinski definition) is 3. The first-order valence-corrected chi connectivity index (χ1v) is 7.33. The Balaban J connectivity index is 4.19. The van der Waals surface area contributed by atoms with Gasteiger partial charge in [-0.2, -0.15) is 11.8 Å². The van der Waals surface area contributed by atoms with Crippen LogP contribution in [0.1, 0.15) is 27.2 Å². The topological polar surface area (TPSA) is 15.3 Å². The van der Waals surface area contributed by atoms with Crippen molar-refractivity contribution >= 4 is 11.8 Å². The maximum absolute atomic E-state index is 3.26. The van der Waals surface area contributed by atoms with Gasteiger partial charge in [0.15, 0.2) is 0 Å². The Morgan fingerprint density at radius 2 is 1.93 bits per heavy atom. The van der Waals surface area contributed by atoms with Gasteiger partial charge in [-0.05, 0) is 46.2 Å². The molecule has 15 heavy (non-hydrogen) atoms. The Kier molecular flexibility index (Phi) is 8.58. The summed E-state index contributed by atoms with van der Waals surface area (Å²) in [6, 6.07) is 1.36. The van der Waals surface area contributed by atoms with E-state index in [4.69, 9.17) is 0 Å². The van der Waals surface area contributed by atoms with E-state index in [1.807, 2.05) is 18.8 Å². The van der Waals surface area contributed by atoms with Crippen molar-refractivity contribution in [2.75, 3.05) is 32.6 Å². The minimum Gasteiger partial charge on any atom is -0.319 e. The second-order valence-electron chi connectivity index (χ2n) is 4.46. The second-order valence-corrected chi connectivity index (χ2v) is 5.37. The molecule has 0 aliphatic carbocycles. The Bertz CT molecular complexity index is 153. The summed E-state index contributed by atoms with van der Waals surface area (Å²) in [6.45, 7) is 8.04. The summed E-state index contributed by atoms with van der Waals surface area (Å²) < 4.78 is 0. The highest BCUT2D eigenvalue weighted by Crippen LogP contribution is 2.16. The second kappa shape index (κ2) is 8.43. The maximum atomic E-state index is 3.26. The van der Waals surface area contributed by atoms with Crippen LogP contribution in [-0.4, -0.2) is 49.6 Å². The van der Waals surface area contributed by atoms with E-state index in [-0.39, 0.29) is 0 Å². The Morgan fingerprint density at radius 1 is 1.33 bits per heavy atom. The highest BCUT2D eigenvalue weighted by Gasteiger charge is 2.21. The summed E-state index contributed by atoms with van der Waals surface area (Å²) in [5, 5.41) is 3.26. The molecule has 0 aliphatic heterocycles. The summed E-state index contributed by atoms with van der Waals surface area (Å²) in [5.74, 6) is 1.94. The van der Waals surface area contributed by atoms with Crippen LogP contribution in [0.2, 0.25) is 0 Å². The van der Waals surface area contributed by atoms with Crippen LogP contribution in [0.5, 0.6) is 0 Å². The van der Waals surface area contributed by atoms with Crippen LogP contribution in [0.3, 0.4) is 0 Å². The van der Waals surface area contributed by atoms with Crippen LogP contribution in [0.25, 0.3) is 0 Å². The molecular formula is C12H28N2S. The first-order chi connectivity index (χ1) is 7.08. The fraction of sp³-hybridized carbons (Fsp3) is 1.00. The van der Waals surface area contributed by atoms with Crippen molar-refractivity contribution in [3.05, 3.63) is 0 Å². The summed E-state index contributed by atoms with van der Waals surface area (Å²) >= 11 is 1.95. The molecule has 0 amide bonds. The largest absolute Gasteiger partial charge is 0.319 e. The van der Waals surface area contributed by atoms with E-state index in [0.717, 1.165) is 6.54 Å². The molecule has 2 nitrogen and oxygen atoms in total. The Hall–Kier alpha value is 0.270. The third-order valence-corrected chi connectivity index (χ3v) is 4.12. The smallest absolute Gasteiger partial charge is 0.0183 e. The van der Waals surface area contributed by atoms with Crippen molar-refractivity contribution in [3.8, 4) is 0 Å². The summed E-state index contributed by atoms with van der Waals surface area (Å²) in [7, 11) is 4.30. The van der Waals surface area contributed by atoms with Gasteiger partial charge in [0.1, 0.15) is 0 Å². The fourth-order valence-electron chi connectivity index (χ4n) is 1.94. The molecule has 0 saturated heterocycles. The lowest BCUT2D eigenvalue weighted by atomic mass is 10.0. The molecule has 0 bridgehead atoms. The summed E-state index contributed by atoms with van der Waals surface area (Å²) in [6.07, 6.45) is 3.44. The molecule has 3 heteroatoms. The van der Waals surface area contributed by atoms with Gasteiger partial charge < -0.3 is 5.32 Å². The molecule has 0 spiro atoms. The van der Waals surface area contributed by atoms with Crippen LogP contribution < -0.4 is 5.32 Å². The molecule has 1 N–H and O–H groups in total. The fourth-order valence-corrected chi connectivity index (χ4v) is 2.80. The van der Waals surface area contributed by atoms with E-state index < -0.39 is 0 Å². The molecule has 0 fully saturated rings. The van der Waals surface area contributed by atoms with Gasteiger partial charge in [-0.15, -0.1) is 0 Å². The van der Waals surface area contributed by atoms with Gasteiger partial charge >= 0.3 is 0 Å². The van der Waals surface area contributed by atoms with Crippen LogP contribution in [0, 0.1) is 5.92 Å². The van der Waals surface area contributed by atoms with Crippen molar-refractivity contribution < 1.29 is 0 Å². The molecule has 0 rings (SSSR count). The molecule has 3 unspecified atom stereocenters. The molecular weight excluding hydrogens is 204 g/mol. The molecule has 0 aliphatic rings. The predicted molar refractivity (Wildman–Crippen MR) is 72.8 cm³/mol. The minimum atomic E-state index is 0.648. The van der Waals surface area contributed by atoms with Gasteiger partial charge in [-0.1, -0.05) is 13.8 Å². The summed E-state index contributed by atoms with van der Waals surface area (Å²) in [4.78, 5) is 2.54. The molecule has 0 aromatic carbocycles. The van der Waals surface area contributed by atoms with Crippen molar-refractivity contribution in [1.29, 1.82) is 0 Å². The Labute approximate surface area is 100 Å². The minimum absolute atomic E-state index is 0.648. The number of hydrogen-bond donors (Lipinski definition) is 1. The molecule has 0 aromatic rings. The van der Waals surface area contributed by atoms with Crippen LogP contribution in [0.4, 0.5) is 0 Å². The lowest BCUT2D eigenvalue weighted by Gasteiger charge is -2.35. The van der Waals surface area contributed by atoms with E-state index in [0.29, 0.717) is 18.0 Å². The van der Waals surface area contributed by atoms with Gasteiger partial charge in [0, 0.05) is 17.8 Å². The number of rotatable bonds is 8. The SMILES string of the molecule is CCC(CSC)N(C)C(C)C(C)CNC. The number of nitrogens with zero attached hydrogens (tertiary/aromatic N) is 1. The first kappa shape index (κ1) is 15.3. The van der Waals surface area contributed by atoms with Crippen molar-refractivity contribution in [1.82, 2.24) is 10.2 Å². The van der Waals surface area contributed by atoms with Gasteiger partial charge in [-0.3, -0.25) is 4.90 Å². The zero-order valence-corrected chi connectivity index (χ0v) is 12.0. The number of thioether (sulfide) groups is 1. The van der Waals surface area contributed by atoms with E-state index in [1.54, 1.807) is 0 Å². The molecule has 0 heterocycles. The average Bonchev–Trinajstić information content (AvgIpc) is 2.24. The molecule has 92 valence electrons. The molecule has 0 aromatic heterocycles. The van der Waals surface area contributed by atoms with Gasteiger partial charge in [0.2, 0.25) is 0 Å². The van der Waals surface area contributed by atoms with E-state index in [1.165, 1.54) is 12.2 Å². The highest BCUT2D eigenvalue weighted by molar-refractivity contribution is 7.98. The zero-order chi connectivity index (χ0) is 11.8. The van der Waals surface area contributed by atoms with Gasteiger partial charge in [-0.25, -0.2) is 0 Å². The normalized spacial score (nSPS) is 17.8. The van der Waals surface area contributed by atoms with Crippen molar-refractivity contribution in [2.24, 2.45) is 5.92 Å². The molecule has 0 radical (unpaired) electrons. The summed E-state index contributed by atoms with van der Waals surface area (Å²) in [5.41, 5.74) is 0. The van der Waals surface area contributed by atoms with Crippen molar-refractivity contribution in [2.45, 2.75) is 39.3 Å². The zero-order valence-electron chi connectivity index (χ0n) is 11.2. The van der Waals surface area contributed by atoms with Crippen LogP contribution >= 0.6 is 11.8 Å². The predicted octanol–water partition coefficient (Wildman–Crippen LogP) is 2.30. The van der Waals surface area contributed by atoms with Crippen LogP contribution in [-0.2, 0) is 0 Å². The van der Waals surface area contributed by atoms with Crippen LogP contribution in [0.15, 0.2) is 0 Å².